The smallest absolute Gasteiger partial charge is 0.338 e. The number of hydrogen-bond acceptors (Lipinski definition) is 7. The summed E-state index contributed by atoms with van der Waals surface area (Å²) in [4.78, 5) is 12.1. The summed E-state index contributed by atoms with van der Waals surface area (Å²) in [5.41, 5.74) is 19.9. The molecule has 36 heavy (non-hydrogen) atoms. The first-order valence-electron chi connectivity index (χ1n) is 12.4. The van der Waals surface area contributed by atoms with E-state index in [1.165, 1.54) is 41.5 Å². The number of anilines is 2. The Bertz CT molecular complexity index is 1410. The van der Waals surface area contributed by atoms with Crippen LogP contribution in [-0.2, 0) is 25.7 Å². The molecule has 184 valence electrons. The second-order valence-electron chi connectivity index (χ2n) is 9.55. The van der Waals surface area contributed by atoms with Crippen molar-refractivity contribution in [2.24, 2.45) is 20.5 Å². The zero-order valence-electron chi connectivity index (χ0n) is 20.4. The fourth-order valence-electron chi connectivity index (χ4n) is 5.13. The Labute approximate surface area is 210 Å². The lowest BCUT2D eigenvalue weighted by molar-refractivity contribution is 0.0697. The van der Waals surface area contributed by atoms with Crippen LogP contribution in [0.2, 0.25) is 0 Å². The number of nitrogens with zero attached hydrogens (tertiary/aromatic N) is 4. The van der Waals surface area contributed by atoms with Gasteiger partial charge < -0.3 is 16.6 Å². The summed E-state index contributed by atoms with van der Waals surface area (Å²) in [6.45, 7) is 1.62. The topological polar surface area (TPSA) is 139 Å². The van der Waals surface area contributed by atoms with Crippen molar-refractivity contribution >= 4 is 40.1 Å². The van der Waals surface area contributed by atoms with Gasteiger partial charge in [0.2, 0.25) is 0 Å². The van der Waals surface area contributed by atoms with Gasteiger partial charge in [0.15, 0.2) is 0 Å². The number of fused-ring (bicyclic) bond motifs is 2. The highest BCUT2D eigenvalue weighted by Crippen LogP contribution is 2.44. The highest BCUT2D eigenvalue weighted by atomic mass is 16.4. The molecule has 8 heteroatoms. The van der Waals surface area contributed by atoms with Gasteiger partial charge in [0.25, 0.3) is 0 Å². The molecule has 2 aliphatic carbocycles. The molecule has 0 saturated heterocycles. The number of azo groups is 2. The van der Waals surface area contributed by atoms with Gasteiger partial charge in [-0.1, -0.05) is 12.1 Å². The molecule has 0 saturated carbocycles. The lowest BCUT2D eigenvalue weighted by atomic mass is 9.91. The fourth-order valence-corrected chi connectivity index (χ4v) is 5.13. The molecule has 0 unspecified atom stereocenters. The van der Waals surface area contributed by atoms with Crippen molar-refractivity contribution in [1.29, 1.82) is 0 Å². The van der Waals surface area contributed by atoms with Crippen molar-refractivity contribution < 1.29 is 9.90 Å². The molecule has 0 aromatic heterocycles. The van der Waals surface area contributed by atoms with Crippen molar-refractivity contribution in [2.75, 3.05) is 11.5 Å². The number of nitrogens with two attached hydrogens (primary N) is 2. The Hall–Kier alpha value is -4.07. The Morgan fingerprint density at radius 3 is 1.67 bits per heavy atom. The second kappa shape index (κ2) is 9.89. The van der Waals surface area contributed by atoms with Crippen LogP contribution < -0.4 is 11.5 Å². The number of hydrogen-bond donors (Lipinski definition) is 3. The van der Waals surface area contributed by atoms with Crippen molar-refractivity contribution in [1.82, 2.24) is 0 Å². The molecule has 0 aliphatic heterocycles. The maximum Gasteiger partial charge on any atom is 0.338 e. The summed E-state index contributed by atoms with van der Waals surface area (Å²) in [6.07, 6.45) is 8.91. The lowest BCUT2D eigenvalue weighted by Crippen LogP contribution is -2.06. The van der Waals surface area contributed by atoms with E-state index in [-0.39, 0.29) is 28.3 Å². The first-order chi connectivity index (χ1) is 17.4. The molecule has 0 fully saturated rings. The van der Waals surface area contributed by atoms with Crippen molar-refractivity contribution in [2.45, 2.75) is 58.3 Å². The highest BCUT2D eigenvalue weighted by molar-refractivity contribution is 6.04. The molecular weight excluding hydrogens is 452 g/mol. The molecule has 3 aromatic rings. The van der Waals surface area contributed by atoms with Crippen LogP contribution in [0.15, 0.2) is 56.9 Å². The summed E-state index contributed by atoms with van der Waals surface area (Å²) >= 11 is 0. The van der Waals surface area contributed by atoms with Gasteiger partial charge in [-0.05, 0) is 110 Å². The SMILES string of the molecule is Cc1c(N)c(N=Nc2ccc3c(c2)CCCC3)c(N)c(N=Nc2ccc3c(c2)CCCC3)c1C(=O)O. The predicted molar refractivity (Wildman–Crippen MR) is 141 cm³/mol. The molecule has 2 aliphatic rings. The molecule has 0 heterocycles. The molecule has 0 bridgehead atoms. The van der Waals surface area contributed by atoms with Crippen LogP contribution in [0.3, 0.4) is 0 Å². The first-order valence-corrected chi connectivity index (χ1v) is 12.4. The summed E-state index contributed by atoms with van der Waals surface area (Å²) < 4.78 is 0. The van der Waals surface area contributed by atoms with E-state index in [1.807, 2.05) is 24.3 Å². The van der Waals surface area contributed by atoms with Crippen LogP contribution in [0.4, 0.5) is 34.1 Å². The molecule has 0 radical (unpaired) electrons. The van der Waals surface area contributed by atoms with Gasteiger partial charge >= 0.3 is 5.97 Å². The molecule has 3 aromatic carbocycles. The molecule has 8 nitrogen and oxygen atoms in total. The van der Waals surface area contributed by atoms with Gasteiger partial charge in [-0.3, -0.25) is 0 Å². The van der Waals surface area contributed by atoms with Gasteiger partial charge in [-0.2, -0.15) is 10.2 Å². The molecule has 0 atom stereocenters. The van der Waals surface area contributed by atoms with Crippen LogP contribution in [0.1, 0.15) is 63.9 Å². The van der Waals surface area contributed by atoms with Gasteiger partial charge in [-0.15, -0.1) is 10.2 Å². The second-order valence-corrected chi connectivity index (χ2v) is 9.55. The average Bonchev–Trinajstić information content (AvgIpc) is 2.89. The van der Waals surface area contributed by atoms with E-state index < -0.39 is 5.97 Å². The largest absolute Gasteiger partial charge is 0.478 e. The fraction of sp³-hybridized carbons (Fsp3) is 0.321. The van der Waals surface area contributed by atoms with Crippen LogP contribution in [0.5, 0.6) is 0 Å². The van der Waals surface area contributed by atoms with Crippen molar-refractivity contribution in [3.05, 3.63) is 69.8 Å². The quantitative estimate of drug-likeness (QED) is 0.257. The maximum atomic E-state index is 12.1. The van der Waals surface area contributed by atoms with E-state index in [0.29, 0.717) is 16.9 Å². The zero-order valence-corrected chi connectivity index (χ0v) is 20.4. The summed E-state index contributed by atoms with van der Waals surface area (Å²) in [6, 6.07) is 12.0. The summed E-state index contributed by atoms with van der Waals surface area (Å²) in [7, 11) is 0. The van der Waals surface area contributed by atoms with Crippen molar-refractivity contribution in [3.8, 4) is 0 Å². The first kappa shape index (κ1) is 23.7. The molecule has 5 rings (SSSR count). The highest BCUT2D eigenvalue weighted by Gasteiger charge is 2.24. The third-order valence-electron chi connectivity index (χ3n) is 7.19. The molecular formula is C28H30N6O2. The van der Waals surface area contributed by atoms with Crippen LogP contribution in [0.25, 0.3) is 0 Å². The number of aryl methyl sites for hydroxylation is 4. The van der Waals surface area contributed by atoms with Gasteiger partial charge in [0, 0.05) is 0 Å². The van der Waals surface area contributed by atoms with E-state index in [4.69, 9.17) is 11.5 Å². The number of carboxylic acids is 1. The molecule has 5 N–H and O–H groups in total. The third-order valence-corrected chi connectivity index (χ3v) is 7.19. The normalized spacial score (nSPS) is 15.2. The standard InChI is InChI=1S/C28H30N6O2/c1-16-23(28(35)36)26(33-31-21-12-10-17-6-2-4-8-19(17)14-21)25(30)27(24(16)29)34-32-22-13-11-18-7-3-5-9-20(18)15-22/h10-15H,2-9,29-30H2,1H3,(H,35,36). The van der Waals surface area contributed by atoms with Gasteiger partial charge in [0.1, 0.15) is 11.4 Å². The van der Waals surface area contributed by atoms with Crippen LogP contribution >= 0.6 is 0 Å². The number of rotatable bonds is 5. The van der Waals surface area contributed by atoms with Gasteiger partial charge in [-0.25, -0.2) is 4.79 Å². The number of carboxylic acid groups (broad SMARTS) is 1. The monoisotopic (exact) mass is 482 g/mol. The maximum absolute atomic E-state index is 12.1. The minimum Gasteiger partial charge on any atom is -0.478 e. The number of carbonyl (C=O) groups is 1. The third kappa shape index (κ3) is 4.58. The van der Waals surface area contributed by atoms with E-state index in [0.717, 1.165) is 32.1 Å². The summed E-state index contributed by atoms with van der Waals surface area (Å²) in [5.74, 6) is -1.18. The number of nitrogen functional groups attached to an aromatic ring is 2. The number of benzene rings is 3. The zero-order chi connectivity index (χ0) is 25.2. The van der Waals surface area contributed by atoms with Crippen molar-refractivity contribution in [3.63, 3.8) is 0 Å². The van der Waals surface area contributed by atoms with E-state index >= 15 is 0 Å². The molecule has 0 amide bonds. The Kier molecular flexibility index (Phi) is 6.50. The minimum atomic E-state index is -1.18. The molecule has 0 spiro atoms. The lowest BCUT2D eigenvalue weighted by Gasteiger charge is -2.16. The number of aromatic carboxylic acids is 1. The Morgan fingerprint density at radius 2 is 1.17 bits per heavy atom. The van der Waals surface area contributed by atoms with E-state index in [1.54, 1.807) is 6.92 Å². The van der Waals surface area contributed by atoms with E-state index in [9.17, 15) is 9.90 Å². The predicted octanol–water partition coefficient (Wildman–Crippen LogP) is 7.45. The van der Waals surface area contributed by atoms with Gasteiger partial charge in [0.05, 0.1) is 28.3 Å². The summed E-state index contributed by atoms with van der Waals surface area (Å²) in [5, 5.41) is 27.2. The average molecular weight is 483 g/mol. The van der Waals surface area contributed by atoms with Crippen LogP contribution in [0, 0.1) is 6.92 Å². The Balaban J connectivity index is 1.53. The Morgan fingerprint density at radius 1 is 0.694 bits per heavy atom. The minimum absolute atomic E-state index is 0.0336. The van der Waals surface area contributed by atoms with Crippen LogP contribution in [-0.4, -0.2) is 11.1 Å². The van der Waals surface area contributed by atoms with E-state index in [2.05, 4.69) is 32.6 Å².